The molecule has 0 aliphatic heterocycles. The van der Waals surface area contributed by atoms with Crippen LogP contribution in [0.1, 0.15) is 18.4 Å². The molecule has 1 aromatic rings. The summed E-state index contributed by atoms with van der Waals surface area (Å²) in [5.41, 5.74) is -0.0358. The third-order valence-corrected chi connectivity index (χ3v) is 3.21. The van der Waals surface area contributed by atoms with Crippen LogP contribution in [0, 0.1) is 0 Å². The molecule has 1 fully saturated rings. The van der Waals surface area contributed by atoms with Gasteiger partial charge in [-0.1, -0.05) is 12.1 Å². The van der Waals surface area contributed by atoms with Gasteiger partial charge < -0.3 is 9.84 Å². The molecule has 0 radical (unpaired) electrons. The number of aliphatic carboxylic acids is 1. The lowest BCUT2D eigenvalue weighted by molar-refractivity contribution is -0.159. The highest BCUT2D eigenvalue weighted by atomic mass is 19.4. The van der Waals surface area contributed by atoms with Crippen LogP contribution in [-0.2, 0) is 14.9 Å². The quantitative estimate of drug-likeness (QED) is 0.896. The average molecular weight is 303 g/mol. The van der Waals surface area contributed by atoms with Crippen molar-refractivity contribution in [3.05, 3.63) is 29.8 Å². The molecule has 21 heavy (non-hydrogen) atoms. The number of nitrogens with one attached hydrogen (secondary N) is 1. The Balaban J connectivity index is 1.94. The largest absolute Gasteiger partial charge is 0.481 e. The zero-order valence-corrected chi connectivity index (χ0v) is 10.7. The van der Waals surface area contributed by atoms with Gasteiger partial charge in [0, 0.05) is 5.69 Å². The van der Waals surface area contributed by atoms with E-state index in [0.717, 1.165) is 0 Å². The summed E-state index contributed by atoms with van der Waals surface area (Å²) in [7, 11) is 0. The lowest BCUT2D eigenvalue weighted by Crippen LogP contribution is -2.23. The normalized spacial score (nSPS) is 16.1. The number of hydrogen-bond acceptors (Lipinski definition) is 3. The molecule has 0 spiro atoms. The second-order valence-electron chi connectivity index (χ2n) is 4.78. The van der Waals surface area contributed by atoms with Crippen LogP contribution in [0.15, 0.2) is 24.3 Å². The molecule has 0 heterocycles. The number of carboxylic acid groups (broad SMARTS) is 1. The highest BCUT2D eigenvalue weighted by Crippen LogP contribution is 2.48. The molecular weight excluding hydrogens is 291 g/mol. The van der Waals surface area contributed by atoms with Gasteiger partial charge in [-0.2, -0.15) is 13.2 Å². The Morgan fingerprint density at radius 3 is 2.24 bits per heavy atom. The first-order valence-electron chi connectivity index (χ1n) is 6.07. The van der Waals surface area contributed by atoms with E-state index in [1.165, 1.54) is 24.3 Å². The number of rotatable bonds is 4. The number of carboxylic acids is 1. The number of benzene rings is 1. The number of ether oxygens (including phenoxy) is 1. The van der Waals surface area contributed by atoms with E-state index < -0.39 is 30.3 Å². The summed E-state index contributed by atoms with van der Waals surface area (Å²) in [6.07, 6.45) is -4.72. The SMILES string of the molecule is O=C(Nc1ccc(C2(C(=O)O)CC2)cc1)OCC(F)(F)F. The second kappa shape index (κ2) is 5.27. The van der Waals surface area contributed by atoms with Crippen molar-refractivity contribution in [2.24, 2.45) is 0 Å². The van der Waals surface area contributed by atoms with E-state index >= 15 is 0 Å². The fourth-order valence-corrected chi connectivity index (χ4v) is 1.92. The van der Waals surface area contributed by atoms with Crippen LogP contribution < -0.4 is 5.32 Å². The number of hydrogen-bond donors (Lipinski definition) is 2. The molecule has 2 rings (SSSR count). The number of halogens is 3. The molecule has 0 aromatic heterocycles. The molecule has 114 valence electrons. The maximum absolute atomic E-state index is 11.9. The Hall–Kier alpha value is -2.25. The molecule has 0 bridgehead atoms. The Bertz CT molecular complexity index is 550. The Morgan fingerprint density at radius 1 is 1.24 bits per heavy atom. The van der Waals surface area contributed by atoms with Crippen LogP contribution in [0.2, 0.25) is 0 Å². The maximum Gasteiger partial charge on any atom is 0.422 e. The van der Waals surface area contributed by atoms with Gasteiger partial charge in [-0.3, -0.25) is 10.1 Å². The van der Waals surface area contributed by atoms with Crippen LogP contribution in [0.3, 0.4) is 0 Å². The summed E-state index contributed by atoms with van der Waals surface area (Å²) in [6.45, 7) is -1.67. The fraction of sp³-hybridized carbons (Fsp3) is 0.385. The molecule has 1 saturated carbocycles. The van der Waals surface area contributed by atoms with Gasteiger partial charge in [0.1, 0.15) is 0 Å². The molecule has 1 aromatic carbocycles. The first kappa shape index (κ1) is 15.1. The minimum atomic E-state index is -4.58. The number of carbonyl (C=O) groups excluding carboxylic acids is 1. The van der Waals surface area contributed by atoms with Crippen LogP contribution in [0.25, 0.3) is 0 Å². The first-order valence-corrected chi connectivity index (χ1v) is 6.07. The Morgan fingerprint density at radius 2 is 1.81 bits per heavy atom. The van der Waals surface area contributed by atoms with Gasteiger partial charge >= 0.3 is 18.2 Å². The lowest BCUT2D eigenvalue weighted by Gasteiger charge is -2.12. The van der Waals surface area contributed by atoms with Crippen molar-refractivity contribution < 1.29 is 32.6 Å². The molecule has 1 amide bonds. The zero-order chi connectivity index (χ0) is 15.7. The molecule has 0 saturated heterocycles. The second-order valence-corrected chi connectivity index (χ2v) is 4.78. The third-order valence-electron chi connectivity index (χ3n) is 3.21. The van der Waals surface area contributed by atoms with Crippen molar-refractivity contribution in [3.63, 3.8) is 0 Å². The first-order chi connectivity index (χ1) is 9.73. The van der Waals surface area contributed by atoms with E-state index in [1.807, 2.05) is 0 Å². The van der Waals surface area contributed by atoms with E-state index in [4.69, 9.17) is 5.11 Å². The number of amides is 1. The average Bonchev–Trinajstić information content (AvgIpc) is 3.18. The van der Waals surface area contributed by atoms with E-state index in [1.54, 1.807) is 0 Å². The van der Waals surface area contributed by atoms with E-state index in [0.29, 0.717) is 18.4 Å². The van der Waals surface area contributed by atoms with E-state index in [9.17, 15) is 22.8 Å². The third kappa shape index (κ3) is 3.65. The summed E-state index contributed by atoms with van der Waals surface area (Å²) in [5, 5.41) is 11.3. The number of alkyl halides is 3. The molecule has 8 heteroatoms. The van der Waals surface area contributed by atoms with Crippen LogP contribution >= 0.6 is 0 Å². The predicted octanol–water partition coefficient (Wildman–Crippen LogP) is 2.91. The van der Waals surface area contributed by atoms with Crippen molar-refractivity contribution in [1.82, 2.24) is 0 Å². The summed E-state index contributed by atoms with van der Waals surface area (Å²) >= 11 is 0. The summed E-state index contributed by atoms with van der Waals surface area (Å²) in [5.74, 6) is -0.909. The topological polar surface area (TPSA) is 75.6 Å². The van der Waals surface area contributed by atoms with Crippen LogP contribution in [-0.4, -0.2) is 30.0 Å². The predicted molar refractivity (Wildman–Crippen MR) is 66.0 cm³/mol. The van der Waals surface area contributed by atoms with Crippen molar-refractivity contribution in [2.45, 2.75) is 24.4 Å². The molecule has 1 aliphatic rings. The molecule has 1 aliphatic carbocycles. The highest BCUT2D eigenvalue weighted by molar-refractivity contribution is 5.86. The van der Waals surface area contributed by atoms with Crippen LogP contribution in [0.5, 0.6) is 0 Å². The van der Waals surface area contributed by atoms with Gasteiger partial charge in [-0.05, 0) is 30.5 Å². The van der Waals surface area contributed by atoms with Gasteiger partial charge in [0.25, 0.3) is 0 Å². The van der Waals surface area contributed by atoms with E-state index in [2.05, 4.69) is 10.1 Å². The molecular formula is C13H12F3NO4. The van der Waals surface area contributed by atoms with Crippen molar-refractivity contribution >= 4 is 17.7 Å². The Kier molecular flexibility index (Phi) is 3.80. The van der Waals surface area contributed by atoms with Gasteiger partial charge in [0.05, 0.1) is 5.41 Å². The zero-order valence-electron chi connectivity index (χ0n) is 10.7. The van der Waals surface area contributed by atoms with Crippen molar-refractivity contribution in [3.8, 4) is 0 Å². The Labute approximate surface area is 117 Å². The highest BCUT2D eigenvalue weighted by Gasteiger charge is 2.51. The van der Waals surface area contributed by atoms with Crippen molar-refractivity contribution in [1.29, 1.82) is 0 Å². The van der Waals surface area contributed by atoms with Gasteiger partial charge in [0.15, 0.2) is 6.61 Å². The lowest BCUT2D eigenvalue weighted by atomic mass is 9.96. The smallest absolute Gasteiger partial charge is 0.422 e. The molecule has 5 nitrogen and oxygen atoms in total. The summed E-state index contributed by atoms with van der Waals surface area (Å²) in [4.78, 5) is 22.3. The summed E-state index contributed by atoms with van der Waals surface area (Å²) in [6, 6.07) is 5.90. The molecule has 2 N–H and O–H groups in total. The molecule has 0 unspecified atom stereocenters. The number of anilines is 1. The standard InChI is InChI=1S/C13H12F3NO4/c14-13(15,16)7-21-11(20)17-9-3-1-8(2-4-9)12(5-6-12)10(18)19/h1-4H,5-7H2,(H,17,20)(H,18,19). The maximum atomic E-state index is 11.9. The van der Waals surface area contributed by atoms with Crippen LogP contribution in [0.4, 0.5) is 23.7 Å². The van der Waals surface area contributed by atoms with E-state index in [-0.39, 0.29) is 5.69 Å². The summed E-state index contributed by atoms with van der Waals surface area (Å²) < 4.78 is 39.6. The molecule has 0 atom stereocenters. The van der Waals surface area contributed by atoms with Gasteiger partial charge in [-0.25, -0.2) is 4.79 Å². The van der Waals surface area contributed by atoms with Crippen molar-refractivity contribution in [2.75, 3.05) is 11.9 Å². The minimum absolute atomic E-state index is 0.229. The van der Waals surface area contributed by atoms with Gasteiger partial charge in [0.2, 0.25) is 0 Å². The number of carbonyl (C=O) groups is 2. The fourth-order valence-electron chi connectivity index (χ4n) is 1.92. The monoisotopic (exact) mass is 303 g/mol. The minimum Gasteiger partial charge on any atom is -0.481 e. The van der Waals surface area contributed by atoms with Gasteiger partial charge in [-0.15, -0.1) is 0 Å².